The Morgan fingerprint density at radius 1 is 0.771 bits per heavy atom. The van der Waals surface area contributed by atoms with Crippen LogP contribution in [0.5, 0.6) is 11.5 Å². The predicted molar refractivity (Wildman–Crippen MR) is 176 cm³/mol. The Morgan fingerprint density at radius 2 is 1.35 bits per heavy atom. The summed E-state index contributed by atoms with van der Waals surface area (Å²) in [7, 11) is 1.65. The average molecular weight is 680 g/mol. The van der Waals surface area contributed by atoms with Crippen molar-refractivity contribution in [1.82, 2.24) is 4.90 Å². The fourth-order valence-electron chi connectivity index (χ4n) is 8.58. The van der Waals surface area contributed by atoms with Crippen molar-refractivity contribution in [1.29, 1.82) is 0 Å². The van der Waals surface area contributed by atoms with E-state index in [9.17, 15) is 10.2 Å². The van der Waals surface area contributed by atoms with E-state index in [1.165, 1.54) is 24.8 Å². The van der Waals surface area contributed by atoms with Crippen molar-refractivity contribution in [3.8, 4) is 11.5 Å². The Hall–Kier alpha value is -1.58. The number of hydrogen-bond donors (Lipinski definition) is 2. The summed E-state index contributed by atoms with van der Waals surface area (Å²) in [5.74, 6) is 1.47. The Balaban J connectivity index is 0.843. The number of likely N-dealkylation sites (tertiary alicyclic amines) is 1. The summed E-state index contributed by atoms with van der Waals surface area (Å²) in [4.78, 5) is 2.57. The lowest BCUT2D eigenvalue weighted by Gasteiger charge is -2.64. The van der Waals surface area contributed by atoms with E-state index < -0.39 is 11.0 Å². The monoisotopic (exact) mass is 679 g/mol. The van der Waals surface area contributed by atoms with Gasteiger partial charge in [-0.05, 0) is 62.6 Å². The molecule has 3 fully saturated rings. The zero-order valence-electron chi connectivity index (χ0n) is 28.7. The summed E-state index contributed by atoms with van der Waals surface area (Å²) in [5.41, 5.74) is 0.785. The molecule has 1 saturated heterocycles. The number of benzene rings is 1. The molecule has 5 aliphatic rings. The minimum atomic E-state index is -0.898. The number of hydrogen-bond acceptors (Lipinski definition) is 12. The van der Waals surface area contributed by atoms with E-state index in [1.807, 2.05) is 6.07 Å². The Morgan fingerprint density at radius 3 is 1.92 bits per heavy atom. The van der Waals surface area contributed by atoms with E-state index >= 15 is 0 Å². The van der Waals surface area contributed by atoms with Gasteiger partial charge in [0, 0.05) is 25.3 Å². The lowest BCUT2D eigenvalue weighted by molar-refractivity contribution is -0.218. The minimum Gasteiger partial charge on any atom is -0.504 e. The number of piperidine rings is 1. The van der Waals surface area contributed by atoms with Gasteiger partial charge in [0.1, 0.15) is 6.10 Å². The maximum Gasteiger partial charge on any atom is 0.165 e. The highest BCUT2D eigenvalue weighted by Gasteiger charge is 2.73. The van der Waals surface area contributed by atoms with Crippen molar-refractivity contribution in [2.24, 2.45) is 5.92 Å². The van der Waals surface area contributed by atoms with E-state index in [4.69, 9.17) is 42.6 Å². The van der Waals surface area contributed by atoms with Crippen LogP contribution in [0.25, 0.3) is 0 Å². The molecule has 1 aromatic carbocycles. The fourth-order valence-corrected chi connectivity index (χ4v) is 8.58. The van der Waals surface area contributed by atoms with Gasteiger partial charge in [0.05, 0.1) is 110 Å². The normalized spacial score (nSPS) is 29.1. The number of ether oxygens (including phenoxy) is 9. The lowest BCUT2D eigenvalue weighted by atomic mass is 9.48. The van der Waals surface area contributed by atoms with Crippen LogP contribution in [0.1, 0.15) is 49.7 Å². The second-order valence-electron chi connectivity index (χ2n) is 13.8. The van der Waals surface area contributed by atoms with Gasteiger partial charge in [0.25, 0.3) is 0 Å². The highest BCUT2D eigenvalue weighted by atomic mass is 16.6. The third-order valence-electron chi connectivity index (χ3n) is 11.1. The number of methoxy groups -OCH3 is 1. The first kappa shape index (κ1) is 36.2. The maximum absolute atomic E-state index is 12.6. The van der Waals surface area contributed by atoms with Gasteiger partial charge in [-0.15, -0.1) is 0 Å². The first-order valence-electron chi connectivity index (χ1n) is 18.1. The van der Waals surface area contributed by atoms with Crippen molar-refractivity contribution >= 4 is 0 Å². The molecule has 0 radical (unpaired) electrons. The van der Waals surface area contributed by atoms with E-state index in [0.717, 1.165) is 37.4 Å². The number of phenolic OH excluding ortho intramolecular Hbond substituents is 1. The van der Waals surface area contributed by atoms with Crippen molar-refractivity contribution in [3.63, 3.8) is 0 Å². The molecule has 1 spiro atoms. The first-order valence-corrected chi connectivity index (χ1v) is 18.1. The number of phenols is 1. The lowest BCUT2D eigenvalue weighted by Crippen LogP contribution is -2.77. The number of nitrogens with zero attached hydrogens (tertiary/aromatic N) is 1. The average Bonchev–Trinajstić information content (AvgIpc) is 3.42. The van der Waals surface area contributed by atoms with Crippen LogP contribution in [-0.4, -0.2) is 152 Å². The molecular weight excluding hydrogens is 622 g/mol. The maximum atomic E-state index is 12.6. The van der Waals surface area contributed by atoms with Crippen LogP contribution < -0.4 is 4.74 Å². The number of aliphatic hydroxyl groups is 1. The second kappa shape index (κ2) is 17.6. The van der Waals surface area contributed by atoms with E-state index in [1.54, 1.807) is 13.2 Å². The van der Waals surface area contributed by atoms with Gasteiger partial charge < -0.3 is 52.8 Å². The summed E-state index contributed by atoms with van der Waals surface area (Å²) in [5, 5.41) is 23.4. The van der Waals surface area contributed by atoms with Gasteiger partial charge in [-0.3, -0.25) is 4.90 Å². The van der Waals surface area contributed by atoms with E-state index in [-0.39, 0.29) is 24.0 Å². The van der Waals surface area contributed by atoms with Crippen molar-refractivity contribution in [3.05, 3.63) is 23.3 Å². The Kier molecular flexibility index (Phi) is 13.3. The van der Waals surface area contributed by atoms with Gasteiger partial charge in [0.15, 0.2) is 11.5 Å². The van der Waals surface area contributed by atoms with Crippen molar-refractivity contribution < 1.29 is 52.8 Å². The summed E-state index contributed by atoms with van der Waals surface area (Å²) in [6.45, 7) is 9.17. The summed E-state index contributed by atoms with van der Waals surface area (Å²) in [6, 6.07) is 3.87. The molecule has 12 nitrogen and oxygen atoms in total. The molecule has 2 aliphatic heterocycles. The van der Waals surface area contributed by atoms with Gasteiger partial charge >= 0.3 is 0 Å². The Labute approximate surface area is 285 Å². The van der Waals surface area contributed by atoms with Crippen molar-refractivity contribution in [2.75, 3.05) is 113 Å². The summed E-state index contributed by atoms with van der Waals surface area (Å²) < 4.78 is 51.1. The molecule has 2 N–H and O–H groups in total. The van der Waals surface area contributed by atoms with Crippen LogP contribution in [0.2, 0.25) is 0 Å². The standard InChI is InChI=1S/C36H57NO11/c1-40-11-12-41-13-14-42-15-16-43-17-18-44-19-20-45-21-22-46-23-24-47-30-7-8-36(39)31-25-28-5-6-29(38)33-32(28)35(36,34(30)48-33)9-10-37(31)26-27-3-2-4-27/h5-6,27,30-31,34,38-39H,2-4,7-26H2,1H3/t30?,31?,34-,35-,36+/m0/s1. The topological polar surface area (TPSA) is 127 Å². The molecule has 2 unspecified atom stereocenters. The summed E-state index contributed by atoms with van der Waals surface area (Å²) in [6.07, 6.45) is 6.41. The molecule has 2 saturated carbocycles. The molecule has 0 amide bonds. The fraction of sp³-hybridized carbons (Fsp3) is 0.833. The molecule has 3 aliphatic carbocycles. The van der Waals surface area contributed by atoms with Gasteiger partial charge in [0.2, 0.25) is 0 Å². The molecule has 5 atom stereocenters. The first-order chi connectivity index (χ1) is 23.6. The minimum absolute atomic E-state index is 0.0666. The van der Waals surface area contributed by atoms with Gasteiger partial charge in [-0.25, -0.2) is 0 Å². The summed E-state index contributed by atoms with van der Waals surface area (Å²) >= 11 is 0. The quantitative estimate of drug-likeness (QED) is 0.156. The zero-order valence-corrected chi connectivity index (χ0v) is 28.7. The molecule has 48 heavy (non-hydrogen) atoms. The second-order valence-corrected chi connectivity index (χ2v) is 13.8. The van der Waals surface area contributed by atoms with E-state index in [2.05, 4.69) is 4.90 Å². The molecule has 12 heteroatoms. The van der Waals surface area contributed by atoms with Crippen LogP contribution in [0.15, 0.2) is 12.1 Å². The Bertz CT molecular complexity index is 1140. The molecule has 0 aromatic heterocycles. The van der Waals surface area contributed by atoms with Crippen LogP contribution in [0, 0.1) is 5.92 Å². The molecule has 6 rings (SSSR count). The van der Waals surface area contributed by atoms with Crippen LogP contribution in [-0.2, 0) is 49.7 Å². The predicted octanol–water partition coefficient (Wildman–Crippen LogP) is 2.48. The molecule has 2 heterocycles. The van der Waals surface area contributed by atoms with Crippen LogP contribution in [0.3, 0.4) is 0 Å². The number of aromatic hydroxyl groups is 1. The van der Waals surface area contributed by atoms with Crippen LogP contribution in [0.4, 0.5) is 0 Å². The SMILES string of the molecule is COCCOCCOCCOCCOCCOCCOCCOC1CC[C@@]2(O)C3Cc4ccc(O)c5c4[C@@]2(CCN3CC2CCC2)[C@H]1O5. The highest BCUT2D eigenvalue weighted by Crippen LogP contribution is 2.65. The zero-order chi connectivity index (χ0) is 33.2. The number of rotatable bonds is 24. The van der Waals surface area contributed by atoms with E-state index in [0.29, 0.717) is 111 Å². The van der Waals surface area contributed by atoms with Crippen molar-refractivity contribution in [2.45, 2.75) is 74.2 Å². The molecule has 2 bridgehead atoms. The van der Waals surface area contributed by atoms with Gasteiger partial charge in [-0.2, -0.15) is 0 Å². The molecule has 272 valence electrons. The molecular formula is C36H57NO11. The highest BCUT2D eigenvalue weighted by molar-refractivity contribution is 5.62. The third kappa shape index (κ3) is 7.83. The largest absolute Gasteiger partial charge is 0.504 e. The third-order valence-corrected chi connectivity index (χ3v) is 11.1. The van der Waals surface area contributed by atoms with Crippen LogP contribution >= 0.6 is 0 Å². The van der Waals surface area contributed by atoms with Gasteiger partial charge in [-0.1, -0.05) is 12.5 Å². The smallest absolute Gasteiger partial charge is 0.165 e. The molecule has 1 aromatic rings.